The average molecular weight is 344 g/mol. The summed E-state index contributed by atoms with van der Waals surface area (Å²) in [7, 11) is 0. The van der Waals surface area contributed by atoms with Crippen molar-refractivity contribution in [3.63, 3.8) is 0 Å². The molecule has 0 spiro atoms. The number of nitrogens with zero attached hydrogens (tertiary/aromatic N) is 3. The van der Waals surface area contributed by atoms with Gasteiger partial charge in [0.15, 0.2) is 0 Å². The zero-order valence-electron chi connectivity index (χ0n) is 10.6. The van der Waals surface area contributed by atoms with Gasteiger partial charge in [0.05, 0.1) is 16.4 Å². The molecule has 0 aliphatic heterocycles. The van der Waals surface area contributed by atoms with E-state index >= 15 is 0 Å². The van der Waals surface area contributed by atoms with E-state index in [0.29, 0.717) is 12.5 Å². The first kappa shape index (κ1) is 14.0. The lowest BCUT2D eigenvalue weighted by Gasteiger charge is -2.09. The second-order valence-electron chi connectivity index (χ2n) is 4.03. The van der Waals surface area contributed by atoms with Crippen LogP contribution in [0, 0.1) is 0 Å². The second kappa shape index (κ2) is 6.16. The molecular weight excluding hydrogens is 330 g/mol. The van der Waals surface area contributed by atoms with E-state index in [4.69, 9.17) is 10.5 Å². The molecule has 0 saturated heterocycles. The van der Waals surface area contributed by atoms with E-state index in [-0.39, 0.29) is 18.1 Å². The van der Waals surface area contributed by atoms with Gasteiger partial charge in [0, 0.05) is 4.88 Å². The number of hydrogen-bond acceptors (Lipinski definition) is 7. The van der Waals surface area contributed by atoms with Crippen LogP contribution in [0.5, 0.6) is 6.01 Å². The van der Waals surface area contributed by atoms with Gasteiger partial charge in [0.25, 0.3) is 0 Å². The third-order valence-corrected chi connectivity index (χ3v) is 3.65. The maximum Gasteiger partial charge on any atom is 0.323 e. The maximum absolute atomic E-state index is 5.62. The Labute approximate surface area is 123 Å². The van der Waals surface area contributed by atoms with Gasteiger partial charge < -0.3 is 15.8 Å². The average Bonchev–Trinajstić information content (AvgIpc) is 2.71. The van der Waals surface area contributed by atoms with Gasteiger partial charge in [-0.25, -0.2) is 0 Å². The number of hydrogen-bond donors (Lipinski definition) is 2. The molecule has 0 bridgehead atoms. The Morgan fingerprint density at radius 2 is 2.16 bits per heavy atom. The van der Waals surface area contributed by atoms with Gasteiger partial charge in [-0.3, -0.25) is 0 Å². The predicted octanol–water partition coefficient (Wildman–Crippen LogP) is 2.68. The van der Waals surface area contributed by atoms with E-state index in [1.165, 1.54) is 0 Å². The second-order valence-corrected chi connectivity index (χ2v) is 6.57. The Kier molecular flexibility index (Phi) is 4.54. The molecule has 0 aliphatic rings. The number of nitrogens with one attached hydrogen (secondary N) is 1. The highest BCUT2D eigenvalue weighted by Gasteiger charge is 2.07. The lowest BCUT2D eigenvalue weighted by molar-refractivity contribution is 0.222. The molecule has 0 unspecified atom stereocenters. The molecule has 2 rings (SSSR count). The van der Waals surface area contributed by atoms with Crippen molar-refractivity contribution in [2.45, 2.75) is 26.5 Å². The molecule has 0 saturated carbocycles. The third-order valence-electron chi connectivity index (χ3n) is 2.02. The van der Waals surface area contributed by atoms with E-state index in [1.54, 1.807) is 11.3 Å². The summed E-state index contributed by atoms with van der Waals surface area (Å²) < 4.78 is 6.49. The van der Waals surface area contributed by atoms with E-state index in [9.17, 15) is 0 Å². The number of rotatable bonds is 5. The van der Waals surface area contributed by atoms with E-state index in [0.717, 1.165) is 8.66 Å². The summed E-state index contributed by atoms with van der Waals surface area (Å²) in [5.74, 6) is 0.549. The molecule has 0 amide bonds. The van der Waals surface area contributed by atoms with E-state index < -0.39 is 0 Å². The van der Waals surface area contributed by atoms with Crippen molar-refractivity contribution in [2.24, 2.45) is 0 Å². The zero-order chi connectivity index (χ0) is 13.8. The molecular formula is C11H14BrN5OS. The Morgan fingerprint density at radius 3 is 2.79 bits per heavy atom. The number of nitrogen functional groups attached to an aromatic ring is 1. The normalized spacial score (nSPS) is 10.7. The van der Waals surface area contributed by atoms with E-state index in [1.807, 2.05) is 26.0 Å². The molecule has 0 aliphatic carbocycles. The minimum Gasteiger partial charge on any atom is -0.461 e. The summed E-state index contributed by atoms with van der Waals surface area (Å²) in [6.45, 7) is 4.42. The number of ether oxygens (including phenoxy) is 1. The van der Waals surface area contributed by atoms with Gasteiger partial charge >= 0.3 is 6.01 Å². The van der Waals surface area contributed by atoms with Gasteiger partial charge in [-0.1, -0.05) is 0 Å². The minimum atomic E-state index is -0.0112. The van der Waals surface area contributed by atoms with Crippen LogP contribution in [0.3, 0.4) is 0 Å². The molecule has 0 fully saturated rings. The van der Waals surface area contributed by atoms with Gasteiger partial charge in [-0.2, -0.15) is 15.0 Å². The van der Waals surface area contributed by atoms with Crippen LogP contribution < -0.4 is 15.8 Å². The highest BCUT2D eigenvalue weighted by molar-refractivity contribution is 9.11. The third kappa shape index (κ3) is 4.32. The first-order valence-electron chi connectivity index (χ1n) is 5.69. The highest BCUT2D eigenvalue weighted by atomic mass is 79.9. The van der Waals surface area contributed by atoms with Gasteiger partial charge in [0.1, 0.15) is 0 Å². The van der Waals surface area contributed by atoms with Crippen LogP contribution in [0.25, 0.3) is 0 Å². The largest absolute Gasteiger partial charge is 0.461 e. The van der Waals surface area contributed by atoms with Gasteiger partial charge in [0.2, 0.25) is 11.9 Å². The minimum absolute atomic E-state index is 0.0112. The maximum atomic E-state index is 5.62. The summed E-state index contributed by atoms with van der Waals surface area (Å²) in [5.41, 5.74) is 5.62. The molecule has 2 aromatic heterocycles. The summed E-state index contributed by atoms with van der Waals surface area (Å²) in [5, 5.41) is 3.10. The summed E-state index contributed by atoms with van der Waals surface area (Å²) >= 11 is 5.06. The fourth-order valence-corrected chi connectivity index (χ4v) is 2.75. The smallest absolute Gasteiger partial charge is 0.323 e. The number of nitrogens with two attached hydrogens (primary N) is 1. The quantitative estimate of drug-likeness (QED) is 0.867. The Balaban J connectivity index is 2.05. The topological polar surface area (TPSA) is 86.0 Å². The number of aromatic nitrogens is 3. The molecule has 3 N–H and O–H groups in total. The van der Waals surface area contributed by atoms with Crippen molar-refractivity contribution >= 4 is 39.2 Å². The molecule has 0 aromatic carbocycles. The summed E-state index contributed by atoms with van der Waals surface area (Å²) in [6.07, 6.45) is -0.0112. The number of halogens is 1. The molecule has 2 heterocycles. The molecule has 2 aromatic rings. The van der Waals surface area contributed by atoms with Crippen LogP contribution >= 0.6 is 27.3 Å². The van der Waals surface area contributed by atoms with Crippen LogP contribution in [0.2, 0.25) is 0 Å². The van der Waals surface area contributed by atoms with Crippen molar-refractivity contribution in [3.8, 4) is 6.01 Å². The fraction of sp³-hybridized carbons (Fsp3) is 0.364. The Hall–Kier alpha value is -1.41. The Morgan fingerprint density at radius 1 is 1.37 bits per heavy atom. The van der Waals surface area contributed by atoms with Crippen LogP contribution in [-0.2, 0) is 6.54 Å². The molecule has 0 atom stereocenters. The first-order chi connectivity index (χ1) is 9.02. The van der Waals surface area contributed by atoms with Crippen molar-refractivity contribution in [3.05, 3.63) is 20.8 Å². The number of anilines is 2. The van der Waals surface area contributed by atoms with Gasteiger partial charge in [-0.15, -0.1) is 11.3 Å². The summed E-state index contributed by atoms with van der Waals surface area (Å²) in [4.78, 5) is 13.3. The van der Waals surface area contributed by atoms with Crippen LogP contribution in [0.1, 0.15) is 18.7 Å². The molecule has 6 nitrogen and oxygen atoms in total. The lowest BCUT2D eigenvalue weighted by Crippen LogP contribution is -2.12. The molecule has 102 valence electrons. The predicted molar refractivity (Wildman–Crippen MR) is 79.3 cm³/mol. The van der Waals surface area contributed by atoms with Crippen molar-refractivity contribution in [1.29, 1.82) is 0 Å². The lowest BCUT2D eigenvalue weighted by atomic mass is 10.5. The summed E-state index contributed by atoms with van der Waals surface area (Å²) in [6, 6.07) is 4.26. The SMILES string of the molecule is CC(C)Oc1nc(N)nc(NCc2ccc(Br)s2)n1. The van der Waals surface area contributed by atoms with Crippen molar-refractivity contribution < 1.29 is 4.74 Å². The van der Waals surface area contributed by atoms with Crippen LogP contribution in [0.15, 0.2) is 15.9 Å². The van der Waals surface area contributed by atoms with Crippen LogP contribution in [0.4, 0.5) is 11.9 Å². The van der Waals surface area contributed by atoms with Crippen molar-refractivity contribution in [2.75, 3.05) is 11.1 Å². The molecule has 8 heteroatoms. The van der Waals surface area contributed by atoms with Gasteiger partial charge in [-0.05, 0) is 41.9 Å². The first-order valence-corrected chi connectivity index (χ1v) is 7.30. The zero-order valence-corrected chi connectivity index (χ0v) is 13.0. The monoisotopic (exact) mass is 343 g/mol. The van der Waals surface area contributed by atoms with E-state index in [2.05, 4.69) is 36.2 Å². The fourth-order valence-electron chi connectivity index (χ4n) is 1.33. The standard InChI is InChI=1S/C11H14BrN5OS/c1-6(2)18-11-16-9(13)15-10(17-11)14-5-7-3-4-8(12)19-7/h3-4,6H,5H2,1-2H3,(H3,13,14,15,16,17). The molecule has 19 heavy (non-hydrogen) atoms. The molecule has 0 radical (unpaired) electrons. The van der Waals surface area contributed by atoms with Crippen molar-refractivity contribution in [1.82, 2.24) is 15.0 Å². The van der Waals surface area contributed by atoms with Crippen LogP contribution in [-0.4, -0.2) is 21.1 Å². The Bertz CT molecular complexity index is 560. The number of thiophene rings is 1. The highest BCUT2D eigenvalue weighted by Crippen LogP contribution is 2.22.